The van der Waals surface area contributed by atoms with E-state index in [0.717, 1.165) is 11.6 Å². The van der Waals surface area contributed by atoms with Gasteiger partial charge in [0.25, 0.3) is 11.3 Å². The van der Waals surface area contributed by atoms with Gasteiger partial charge in [-0.05, 0) is 19.4 Å². The van der Waals surface area contributed by atoms with Gasteiger partial charge in [-0.25, -0.2) is 4.98 Å². The Labute approximate surface area is 134 Å². The van der Waals surface area contributed by atoms with Crippen LogP contribution < -0.4 is 11.3 Å². The second-order valence-corrected chi connectivity index (χ2v) is 5.84. The first-order valence-corrected chi connectivity index (χ1v) is 7.32. The number of nitrogens with two attached hydrogens (primary N) is 1. The van der Waals surface area contributed by atoms with Crippen LogP contribution in [0.2, 0.25) is 0 Å². The summed E-state index contributed by atoms with van der Waals surface area (Å²) in [5.74, 6) is 0.117. The lowest BCUT2D eigenvalue weighted by Crippen LogP contribution is -2.57. The van der Waals surface area contributed by atoms with Gasteiger partial charge in [0.15, 0.2) is 5.60 Å². The molecule has 1 aliphatic heterocycles. The molecule has 3 heterocycles. The molecular weight excluding hydrogens is 329 g/mol. The molecular formula is C13H17F3N6O2. The van der Waals surface area contributed by atoms with Crippen molar-refractivity contribution >= 4 is 11.7 Å². The Morgan fingerprint density at radius 2 is 2.21 bits per heavy atom. The number of nitrogens with zero attached hydrogens (tertiary/aromatic N) is 4. The summed E-state index contributed by atoms with van der Waals surface area (Å²) in [6, 6.07) is 1.25. The van der Waals surface area contributed by atoms with E-state index in [2.05, 4.69) is 15.1 Å². The lowest BCUT2D eigenvalue weighted by molar-refractivity contribution is -0.284. The molecule has 0 spiro atoms. The number of anilines is 1. The predicted octanol–water partition coefficient (Wildman–Crippen LogP) is 0.543. The molecule has 1 saturated heterocycles. The van der Waals surface area contributed by atoms with Gasteiger partial charge < -0.3 is 10.5 Å². The highest BCUT2D eigenvalue weighted by molar-refractivity contribution is 5.34. The van der Waals surface area contributed by atoms with Gasteiger partial charge in [-0.3, -0.25) is 14.8 Å². The SMILES string of the molecule is CO[C@@]1(C(F)(F)F)CCCN(Cc2cc(=O)n3[nH]c(N)nc3n2)C1. The molecule has 24 heavy (non-hydrogen) atoms. The fraction of sp³-hybridized carbons (Fsp3) is 0.615. The van der Waals surface area contributed by atoms with Crippen LogP contribution in [0.15, 0.2) is 10.9 Å². The number of likely N-dealkylation sites (tertiary alicyclic amines) is 1. The van der Waals surface area contributed by atoms with Gasteiger partial charge in [-0.2, -0.15) is 22.7 Å². The van der Waals surface area contributed by atoms with Crippen LogP contribution in [0.4, 0.5) is 19.1 Å². The van der Waals surface area contributed by atoms with Crippen molar-refractivity contribution in [3.63, 3.8) is 0 Å². The Morgan fingerprint density at radius 1 is 1.46 bits per heavy atom. The van der Waals surface area contributed by atoms with Crippen molar-refractivity contribution in [2.75, 3.05) is 25.9 Å². The second kappa shape index (κ2) is 5.74. The molecule has 1 fully saturated rings. The maximum absolute atomic E-state index is 13.3. The Morgan fingerprint density at radius 3 is 2.88 bits per heavy atom. The van der Waals surface area contributed by atoms with Crippen LogP contribution in [0.3, 0.4) is 0 Å². The Bertz CT molecular complexity index is 801. The van der Waals surface area contributed by atoms with Crippen LogP contribution >= 0.6 is 0 Å². The van der Waals surface area contributed by atoms with E-state index >= 15 is 0 Å². The molecule has 132 valence electrons. The molecule has 2 aromatic heterocycles. The molecule has 0 aromatic carbocycles. The van der Waals surface area contributed by atoms with Gasteiger partial charge in [0.2, 0.25) is 5.95 Å². The van der Waals surface area contributed by atoms with Crippen LogP contribution in [0.1, 0.15) is 18.5 Å². The van der Waals surface area contributed by atoms with Gasteiger partial charge >= 0.3 is 6.18 Å². The van der Waals surface area contributed by atoms with E-state index in [-0.39, 0.29) is 31.2 Å². The molecule has 0 radical (unpaired) electrons. The zero-order valence-electron chi connectivity index (χ0n) is 12.9. The van der Waals surface area contributed by atoms with Crippen molar-refractivity contribution in [1.29, 1.82) is 0 Å². The smallest absolute Gasteiger partial charge is 0.368 e. The Kier molecular flexibility index (Phi) is 4.00. The fourth-order valence-electron chi connectivity index (χ4n) is 3.01. The zero-order valence-corrected chi connectivity index (χ0v) is 12.9. The third-order valence-electron chi connectivity index (χ3n) is 4.23. The lowest BCUT2D eigenvalue weighted by Gasteiger charge is -2.42. The average molecular weight is 346 g/mol. The van der Waals surface area contributed by atoms with Crippen LogP contribution in [-0.4, -0.2) is 56.5 Å². The number of piperidine rings is 1. The minimum atomic E-state index is -4.46. The number of ether oxygens (including phenoxy) is 1. The van der Waals surface area contributed by atoms with Crippen molar-refractivity contribution in [2.24, 2.45) is 0 Å². The molecule has 0 amide bonds. The van der Waals surface area contributed by atoms with Crippen molar-refractivity contribution < 1.29 is 17.9 Å². The minimum Gasteiger partial charge on any atom is -0.368 e. The molecule has 0 bridgehead atoms. The summed E-state index contributed by atoms with van der Waals surface area (Å²) >= 11 is 0. The topological polar surface area (TPSA) is 102 Å². The number of hydrogen-bond donors (Lipinski definition) is 2. The predicted molar refractivity (Wildman–Crippen MR) is 78.3 cm³/mol. The first-order chi connectivity index (χ1) is 11.2. The number of alkyl halides is 3. The number of methoxy groups -OCH3 is 1. The van der Waals surface area contributed by atoms with Crippen molar-refractivity contribution in [2.45, 2.75) is 31.2 Å². The molecule has 3 rings (SSSR count). The number of halogens is 3. The Hall–Kier alpha value is -2.14. The first kappa shape index (κ1) is 16.7. The zero-order chi connectivity index (χ0) is 17.5. The Balaban J connectivity index is 1.84. The number of aromatic amines is 1. The summed E-state index contributed by atoms with van der Waals surface area (Å²) in [5.41, 5.74) is 3.19. The van der Waals surface area contributed by atoms with E-state index in [1.54, 1.807) is 4.90 Å². The first-order valence-electron chi connectivity index (χ1n) is 7.32. The van der Waals surface area contributed by atoms with E-state index < -0.39 is 17.3 Å². The van der Waals surface area contributed by atoms with E-state index in [1.165, 1.54) is 6.07 Å². The summed E-state index contributed by atoms with van der Waals surface area (Å²) in [4.78, 5) is 21.6. The van der Waals surface area contributed by atoms with Crippen molar-refractivity contribution in [3.8, 4) is 0 Å². The van der Waals surface area contributed by atoms with Crippen LogP contribution in [-0.2, 0) is 11.3 Å². The fourth-order valence-corrected chi connectivity index (χ4v) is 3.01. The summed E-state index contributed by atoms with van der Waals surface area (Å²) in [5, 5.41) is 2.53. The largest absolute Gasteiger partial charge is 0.418 e. The number of aromatic nitrogens is 4. The quantitative estimate of drug-likeness (QED) is 0.841. The number of fused-ring (bicyclic) bond motifs is 1. The van der Waals surface area contributed by atoms with Gasteiger partial charge in [0.05, 0.1) is 5.69 Å². The number of hydrogen-bond acceptors (Lipinski definition) is 6. The summed E-state index contributed by atoms with van der Waals surface area (Å²) in [6.07, 6.45) is -4.22. The highest BCUT2D eigenvalue weighted by Crippen LogP contribution is 2.40. The third-order valence-corrected chi connectivity index (χ3v) is 4.23. The average Bonchev–Trinajstić information content (AvgIpc) is 2.87. The molecule has 2 aromatic rings. The maximum atomic E-state index is 13.3. The highest BCUT2D eigenvalue weighted by Gasteiger charge is 2.57. The van der Waals surface area contributed by atoms with Gasteiger partial charge in [-0.15, -0.1) is 0 Å². The van der Waals surface area contributed by atoms with E-state index in [4.69, 9.17) is 10.5 Å². The number of rotatable bonds is 3. The second-order valence-electron chi connectivity index (χ2n) is 5.84. The molecule has 1 aliphatic rings. The molecule has 0 saturated carbocycles. The summed E-state index contributed by atoms with van der Waals surface area (Å²) in [6.45, 7) is 0.251. The highest BCUT2D eigenvalue weighted by atomic mass is 19.4. The van der Waals surface area contributed by atoms with E-state index in [0.29, 0.717) is 18.7 Å². The third kappa shape index (κ3) is 2.84. The molecule has 8 nitrogen and oxygen atoms in total. The molecule has 0 unspecified atom stereocenters. The van der Waals surface area contributed by atoms with Gasteiger partial charge in [0.1, 0.15) is 0 Å². The van der Waals surface area contributed by atoms with Crippen molar-refractivity contribution in [3.05, 3.63) is 22.1 Å². The number of nitrogen functional groups attached to an aromatic ring is 1. The van der Waals surface area contributed by atoms with Crippen LogP contribution in [0, 0.1) is 0 Å². The molecule has 3 N–H and O–H groups in total. The van der Waals surface area contributed by atoms with Crippen molar-refractivity contribution in [1.82, 2.24) is 24.5 Å². The van der Waals surface area contributed by atoms with Gasteiger partial charge in [0, 0.05) is 26.3 Å². The van der Waals surface area contributed by atoms with E-state index in [9.17, 15) is 18.0 Å². The molecule has 1 atom stereocenters. The van der Waals surface area contributed by atoms with Crippen LogP contribution in [0.25, 0.3) is 5.78 Å². The monoisotopic (exact) mass is 346 g/mol. The lowest BCUT2D eigenvalue weighted by atomic mass is 9.91. The van der Waals surface area contributed by atoms with Gasteiger partial charge in [-0.1, -0.05) is 0 Å². The molecule has 11 heteroatoms. The molecule has 0 aliphatic carbocycles. The standard InChI is InChI=1S/C13H17F3N6O2/c1-24-12(13(14,15)16)3-2-4-21(7-12)6-8-5-9(23)22-11(18-8)19-10(17)20-22/h5H,2-4,6-7H2,1H3,(H3,17,18,19,20)/t12-/m0/s1. The van der Waals surface area contributed by atoms with E-state index in [1.807, 2.05) is 0 Å². The number of nitrogens with one attached hydrogen (secondary N) is 1. The van der Waals surface area contributed by atoms with Crippen LogP contribution in [0.5, 0.6) is 0 Å². The summed E-state index contributed by atoms with van der Waals surface area (Å²) in [7, 11) is 1.07. The minimum absolute atomic E-state index is 0.0326. The normalized spacial score (nSPS) is 23.0. The maximum Gasteiger partial charge on any atom is 0.418 e. The number of H-pyrrole nitrogens is 1. The summed E-state index contributed by atoms with van der Waals surface area (Å²) < 4.78 is 45.9.